The second-order valence-electron chi connectivity index (χ2n) is 7.65. The molecule has 0 atom stereocenters. The molecule has 1 aromatic heterocycles. The van der Waals surface area contributed by atoms with Crippen LogP contribution in [-0.4, -0.2) is 62.9 Å². The number of rotatable bonds is 5. The summed E-state index contributed by atoms with van der Waals surface area (Å²) in [5.74, 6) is -3.33. The van der Waals surface area contributed by atoms with Gasteiger partial charge in [0.2, 0.25) is 5.69 Å². The molecular weight excluding hydrogens is 433 g/mol. The molecule has 0 amide bonds. The number of benzene rings is 1. The van der Waals surface area contributed by atoms with E-state index in [0.717, 1.165) is 25.9 Å². The van der Waals surface area contributed by atoms with Gasteiger partial charge in [-0.1, -0.05) is 22.4 Å². The van der Waals surface area contributed by atoms with Crippen LogP contribution in [0.2, 0.25) is 0 Å². The molecule has 1 saturated carbocycles. The smallest absolute Gasteiger partial charge is 0.476 e. The Morgan fingerprint density at radius 2 is 1.66 bits per heavy atom. The van der Waals surface area contributed by atoms with E-state index in [9.17, 15) is 18.0 Å². The summed E-state index contributed by atoms with van der Waals surface area (Å²) in [5, 5.41) is 25.7. The van der Waals surface area contributed by atoms with Crippen molar-refractivity contribution in [1.82, 2.24) is 15.4 Å². The molecule has 3 N–H and O–H groups in total. The summed E-state index contributed by atoms with van der Waals surface area (Å²) in [6.45, 7) is 2.31. The number of ether oxygens (including phenoxy) is 1. The Kier molecular flexibility index (Phi) is 7.21. The van der Waals surface area contributed by atoms with Crippen molar-refractivity contribution in [3.8, 4) is 5.88 Å². The van der Waals surface area contributed by atoms with Crippen molar-refractivity contribution in [2.75, 3.05) is 18.0 Å². The summed E-state index contributed by atoms with van der Waals surface area (Å²) in [5.41, 5.74) is 2.54. The number of carbonyl (C=O) groups is 2. The van der Waals surface area contributed by atoms with Crippen LogP contribution in [0.3, 0.4) is 0 Å². The minimum atomic E-state index is -5.08. The molecule has 2 aromatic rings. The average molecular weight is 456 g/mol. The predicted molar refractivity (Wildman–Crippen MR) is 106 cm³/mol. The summed E-state index contributed by atoms with van der Waals surface area (Å²) >= 11 is 0. The van der Waals surface area contributed by atoms with E-state index in [2.05, 4.69) is 44.6 Å². The van der Waals surface area contributed by atoms with Crippen molar-refractivity contribution >= 4 is 17.6 Å². The number of aromatic amines is 1. The van der Waals surface area contributed by atoms with E-state index in [1.54, 1.807) is 0 Å². The third-order valence-corrected chi connectivity index (χ3v) is 5.43. The molecule has 1 aliphatic heterocycles. The zero-order chi connectivity index (χ0) is 23.3. The number of halogens is 3. The summed E-state index contributed by atoms with van der Waals surface area (Å²) in [7, 11) is 0. The van der Waals surface area contributed by atoms with E-state index < -0.39 is 18.1 Å². The molecule has 12 heteroatoms. The molecular formula is C20H23F3N4O5. The lowest BCUT2D eigenvalue weighted by atomic mass is 9.77. The Bertz CT molecular complexity index is 920. The summed E-state index contributed by atoms with van der Waals surface area (Å²) < 4.78 is 37.4. The third kappa shape index (κ3) is 5.89. The molecule has 32 heavy (non-hydrogen) atoms. The Balaban J connectivity index is 0.000000360. The van der Waals surface area contributed by atoms with Crippen molar-refractivity contribution in [2.24, 2.45) is 0 Å². The number of carboxylic acids is 2. The number of H-pyrrole nitrogens is 1. The molecule has 2 fully saturated rings. The van der Waals surface area contributed by atoms with Crippen molar-refractivity contribution in [3.63, 3.8) is 0 Å². The lowest BCUT2D eigenvalue weighted by Gasteiger charge is -2.35. The van der Waals surface area contributed by atoms with E-state index in [0.29, 0.717) is 5.92 Å². The zero-order valence-corrected chi connectivity index (χ0v) is 17.0. The van der Waals surface area contributed by atoms with Crippen LogP contribution in [0.1, 0.15) is 54.1 Å². The average Bonchev–Trinajstić information content (AvgIpc) is 3.20. The zero-order valence-electron chi connectivity index (χ0n) is 17.0. The number of piperidine rings is 1. The Morgan fingerprint density at radius 3 is 2.19 bits per heavy atom. The van der Waals surface area contributed by atoms with Crippen LogP contribution in [0.4, 0.5) is 18.9 Å². The highest BCUT2D eigenvalue weighted by Gasteiger charge is 2.38. The van der Waals surface area contributed by atoms with E-state index in [1.165, 1.54) is 30.5 Å². The monoisotopic (exact) mass is 456 g/mol. The van der Waals surface area contributed by atoms with Crippen molar-refractivity contribution in [2.45, 2.75) is 50.3 Å². The summed E-state index contributed by atoms with van der Waals surface area (Å²) in [6.07, 6.45) is 0.556. The van der Waals surface area contributed by atoms with Gasteiger partial charge in [0.05, 0.1) is 0 Å². The normalized spacial score (nSPS) is 20.5. The number of hydrogen-bond acceptors (Lipinski definition) is 6. The van der Waals surface area contributed by atoms with Gasteiger partial charge >= 0.3 is 18.1 Å². The maximum Gasteiger partial charge on any atom is 0.490 e. The molecule has 9 nitrogen and oxygen atoms in total. The minimum Gasteiger partial charge on any atom is -0.476 e. The Labute approximate surface area is 181 Å². The van der Waals surface area contributed by atoms with Crippen molar-refractivity contribution < 1.29 is 37.7 Å². The lowest BCUT2D eigenvalue weighted by molar-refractivity contribution is -0.192. The molecule has 2 aliphatic rings. The van der Waals surface area contributed by atoms with Crippen molar-refractivity contribution in [3.05, 3.63) is 35.5 Å². The van der Waals surface area contributed by atoms with Gasteiger partial charge < -0.3 is 19.8 Å². The molecule has 0 unspecified atom stereocenters. The predicted octanol–water partition coefficient (Wildman–Crippen LogP) is 3.45. The number of aliphatic carboxylic acids is 1. The molecule has 0 bridgehead atoms. The molecule has 2 heterocycles. The fourth-order valence-electron chi connectivity index (χ4n) is 3.64. The molecule has 0 radical (unpaired) electrons. The summed E-state index contributed by atoms with van der Waals surface area (Å²) in [4.78, 5) is 22.4. The Morgan fingerprint density at radius 1 is 1.06 bits per heavy atom. The van der Waals surface area contributed by atoms with E-state index >= 15 is 0 Å². The number of nitrogens with one attached hydrogen (secondary N) is 1. The van der Waals surface area contributed by atoms with Gasteiger partial charge in [0, 0.05) is 18.8 Å². The number of alkyl halides is 3. The van der Waals surface area contributed by atoms with Gasteiger partial charge in [0.25, 0.3) is 5.88 Å². The topological polar surface area (TPSA) is 129 Å². The van der Waals surface area contributed by atoms with E-state index in [4.69, 9.17) is 19.7 Å². The first kappa shape index (κ1) is 23.4. The van der Waals surface area contributed by atoms with Crippen molar-refractivity contribution in [1.29, 1.82) is 0 Å². The molecule has 174 valence electrons. The maximum atomic E-state index is 11.0. The second kappa shape index (κ2) is 9.88. The van der Waals surface area contributed by atoms with Crippen LogP contribution < -0.4 is 9.64 Å². The van der Waals surface area contributed by atoms with Gasteiger partial charge in [-0.15, -0.1) is 0 Å². The van der Waals surface area contributed by atoms with Gasteiger partial charge in [0.1, 0.15) is 6.10 Å². The van der Waals surface area contributed by atoms with Gasteiger partial charge in [-0.2, -0.15) is 13.2 Å². The fraction of sp³-hybridized carbons (Fsp3) is 0.500. The molecule has 1 aromatic carbocycles. The molecule has 0 spiro atoms. The largest absolute Gasteiger partial charge is 0.490 e. The van der Waals surface area contributed by atoms with Crippen LogP contribution in [0.25, 0.3) is 0 Å². The number of nitrogens with zero attached hydrogens (tertiary/aromatic N) is 3. The first-order valence-electron chi connectivity index (χ1n) is 10.1. The van der Waals surface area contributed by atoms with Crippen LogP contribution in [0.15, 0.2) is 24.3 Å². The van der Waals surface area contributed by atoms with Gasteiger partial charge in [-0.3, -0.25) is 0 Å². The van der Waals surface area contributed by atoms with Gasteiger partial charge in [-0.25, -0.2) is 14.7 Å². The molecule has 1 aliphatic carbocycles. The van der Waals surface area contributed by atoms with Crippen LogP contribution in [-0.2, 0) is 4.79 Å². The highest BCUT2D eigenvalue weighted by molar-refractivity contribution is 5.87. The standard InChI is InChI=1S/C18H22N4O3.C2HF3O2/c23-18(24)16-17(20-21-19-16)25-15-10-13(11-15)12-4-6-14(7-5-12)22-8-2-1-3-9-22;3-2(4,5)1(6)7/h4-7,13,15H,1-3,8-11H2,(H,23,24)(H,19,20,21);(H,6,7)/t13-,15-;. The maximum absolute atomic E-state index is 11.0. The molecule has 4 rings (SSSR count). The van der Waals surface area contributed by atoms with E-state index in [1.807, 2.05) is 0 Å². The number of aromatic nitrogens is 3. The highest BCUT2D eigenvalue weighted by Crippen LogP contribution is 2.39. The van der Waals surface area contributed by atoms with E-state index in [-0.39, 0.29) is 17.7 Å². The first-order valence-corrected chi connectivity index (χ1v) is 10.1. The highest BCUT2D eigenvalue weighted by atomic mass is 19.4. The van der Waals surface area contributed by atoms with Crippen LogP contribution in [0, 0.1) is 0 Å². The van der Waals surface area contributed by atoms with Gasteiger partial charge in [0.15, 0.2) is 0 Å². The van der Waals surface area contributed by atoms with Crippen LogP contribution in [0.5, 0.6) is 5.88 Å². The first-order chi connectivity index (χ1) is 15.1. The second-order valence-corrected chi connectivity index (χ2v) is 7.65. The number of anilines is 1. The Hall–Kier alpha value is -3.31. The molecule has 1 saturated heterocycles. The quantitative estimate of drug-likeness (QED) is 0.624. The number of hydrogen-bond donors (Lipinski definition) is 3. The number of carboxylic acid groups (broad SMARTS) is 2. The fourth-order valence-corrected chi connectivity index (χ4v) is 3.64. The SMILES string of the molecule is O=C(O)C(F)(F)F.O=C(O)c1[nH]nnc1O[C@H]1C[C@H](c2ccc(N3CCCCC3)cc2)C1. The third-order valence-electron chi connectivity index (χ3n) is 5.43. The van der Waals surface area contributed by atoms with Crippen LogP contribution >= 0.6 is 0 Å². The van der Waals surface area contributed by atoms with Gasteiger partial charge in [-0.05, 0) is 55.7 Å². The summed E-state index contributed by atoms with van der Waals surface area (Å²) in [6, 6.07) is 8.86. The minimum absolute atomic E-state index is 0.00466. The lowest BCUT2D eigenvalue weighted by Crippen LogP contribution is -2.33. The number of aromatic carboxylic acids is 1.